The van der Waals surface area contributed by atoms with Crippen molar-refractivity contribution >= 4 is 11.0 Å². The summed E-state index contributed by atoms with van der Waals surface area (Å²) in [7, 11) is 0. The van der Waals surface area contributed by atoms with E-state index in [0.29, 0.717) is 0 Å². The van der Waals surface area contributed by atoms with Gasteiger partial charge in [-0.2, -0.15) is 0 Å². The van der Waals surface area contributed by atoms with E-state index in [4.69, 9.17) is 0 Å². The molecule has 0 unspecified atom stereocenters. The average molecular weight is 249 g/mol. The van der Waals surface area contributed by atoms with Crippen LogP contribution in [0.2, 0.25) is 0 Å². The predicted molar refractivity (Wildman–Crippen MR) is 79.0 cm³/mol. The first-order valence-electron chi connectivity index (χ1n) is 6.53. The van der Waals surface area contributed by atoms with Gasteiger partial charge in [0, 0.05) is 23.2 Å². The molecule has 0 amide bonds. The van der Waals surface area contributed by atoms with E-state index >= 15 is 0 Å². The molecule has 3 aromatic rings. The minimum absolute atomic E-state index is 0.0947. The Morgan fingerprint density at radius 2 is 1.95 bits per heavy atom. The maximum atomic E-state index is 4.37. The number of fused-ring (bicyclic) bond motifs is 1. The zero-order valence-corrected chi connectivity index (χ0v) is 11.1. The first-order valence-corrected chi connectivity index (χ1v) is 6.53. The van der Waals surface area contributed by atoms with E-state index in [9.17, 15) is 0 Å². The first-order chi connectivity index (χ1) is 9.25. The Kier molecular flexibility index (Phi) is 2.86. The van der Waals surface area contributed by atoms with Crippen LogP contribution in [0, 0.1) is 6.92 Å². The molecule has 0 aliphatic heterocycles. The van der Waals surface area contributed by atoms with E-state index in [1.165, 1.54) is 16.5 Å². The van der Waals surface area contributed by atoms with Gasteiger partial charge >= 0.3 is 0 Å². The van der Waals surface area contributed by atoms with Crippen molar-refractivity contribution < 1.29 is 0 Å². The fourth-order valence-electron chi connectivity index (χ4n) is 2.65. The quantitative estimate of drug-likeness (QED) is 0.744. The molecule has 0 fully saturated rings. The van der Waals surface area contributed by atoms with Crippen LogP contribution < -0.4 is 0 Å². The smallest absolute Gasteiger partial charge is 0.137 e. The van der Waals surface area contributed by atoms with Gasteiger partial charge in [-0.1, -0.05) is 44.2 Å². The summed E-state index contributed by atoms with van der Waals surface area (Å²) in [6, 6.07) is 14.6. The second kappa shape index (κ2) is 4.54. The molecule has 1 N–H and O–H groups in total. The van der Waals surface area contributed by atoms with E-state index in [1.54, 1.807) is 0 Å². The Balaban J connectivity index is 2.22. The fraction of sp³-hybridized carbons (Fsp3) is 0.176. The number of rotatable bonds is 3. The molecular formula is C17H17N2. The van der Waals surface area contributed by atoms with E-state index in [-0.39, 0.29) is 5.41 Å². The first kappa shape index (κ1) is 12.0. The molecule has 2 heteroatoms. The van der Waals surface area contributed by atoms with Gasteiger partial charge < -0.3 is 4.98 Å². The lowest BCUT2D eigenvalue weighted by atomic mass is 9.74. The Morgan fingerprint density at radius 3 is 2.68 bits per heavy atom. The topological polar surface area (TPSA) is 28.7 Å². The van der Waals surface area contributed by atoms with Gasteiger partial charge in [-0.25, -0.2) is 4.98 Å². The third kappa shape index (κ3) is 1.84. The second-order valence-electron chi connectivity index (χ2n) is 5.05. The van der Waals surface area contributed by atoms with Gasteiger partial charge in [0.15, 0.2) is 0 Å². The lowest BCUT2D eigenvalue weighted by Crippen LogP contribution is -2.22. The summed E-state index contributed by atoms with van der Waals surface area (Å²) in [4.78, 5) is 7.63. The van der Waals surface area contributed by atoms with Crippen molar-refractivity contribution in [1.29, 1.82) is 0 Å². The molecule has 2 heterocycles. The highest BCUT2D eigenvalue weighted by Crippen LogP contribution is 2.38. The third-order valence-electron chi connectivity index (χ3n) is 3.96. The van der Waals surface area contributed by atoms with Gasteiger partial charge in [0.2, 0.25) is 0 Å². The third-order valence-corrected chi connectivity index (χ3v) is 3.96. The van der Waals surface area contributed by atoms with Crippen LogP contribution in [-0.2, 0) is 5.41 Å². The molecule has 1 aromatic carbocycles. The Bertz CT molecular complexity index is 685. The maximum absolute atomic E-state index is 4.37. The number of H-pyrrole nitrogens is 1. The maximum Gasteiger partial charge on any atom is 0.137 e. The number of pyridine rings is 1. The highest BCUT2D eigenvalue weighted by Gasteiger charge is 2.29. The predicted octanol–water partition coefficient (Wildman–Crippen LogP) is 4.09. The summed E-state index contributed by atoms with van der Waals surface area (Å²) in [6.07, 6.45) is 4.68. The van der Waals surface area contributed by atoms with Gasteiger partial charge in [-0.3, -0.25) is 0 Å². The van der Waals surface area contributed by atoms with Crippen LogP contribution in [0.1, 0.15) is 24.5 Å². The number of aromatic amines is 1. The molecule has 0 bridgehead atoms. The van der Waals surface area contributed by atoms with E-state index < -0.39 is 0 Å². The summed E-state index contributed by atoms with van der Waals surface area (Å²) < 4.78 is 0. The van der Waals surface area contributed by atoms with Crippen LogP contribution in [0.4, 0.5) is 0 Å². The van der Waals surface area contributed by atoms with Crippen molar-refractivity contribution in [3.63, 3.8) is 0 Å². The van der Waals surface area contributed by atoms with Crippen molar-refractivity contribution in [3.8, 4) is 0 Å². The minimum atomic E-state index is -0.0947. The molecule has 1 atom stereocenters. The average Bonchev–Trinajstić information content (AvgIpc) is 2.92. The van der Waals surface area contributed by atoms with Crippen LogP contribution in [0.15, 0.2) is 54.9 Å². The van der Waals surface area contributed by atoms with E-state index in [1.807, 2.05) is 18.3 Å². The Hall–Kier alpha value is -2.09. The zero-order chi connectivity index (χ0) is 13.3. The number of benzene rings is 1. The summed E-state index contributed by atoms with van der Waals surface area (Å²) in [5.74, 6) is 0. The Labute approximate surface area is 113 Å². The number of hydrogen-bond donors (Lipinski definition) is 1. The largest absolute Gasteiger partial charge is 0.346 e. The molecule has 0 aliphatic rings. The standard InChI is InChI=1S/C17H17N2/c1-3-17(2,13-8-5-4-6-9-13)15-12-19-16-14(15)10-7-11-18-16/h4-12H,1,3H2,2H3,(H,18,19)/t17-/m1/s1. The Morgan fingerprint density at radius 1 is 1.16 bits per heavy atom. The van der Waals surface area contributed by atoms with Crippen LogP contribution in [0.5, 0.6) is 0 Å². The molecule has 2 nitrogen and oxygen atoms in total. The second-order valence-corrected chi connectivity index (χ2v) is 5.05. The number of hydrogen-bond acceptors (Lipinski definition) is 1. The molecule has 0 saturated heterocycles. The monoisotopic (exact) mass is 249 g/mol. The van der Waals surface area contributed by atoms with Gasteiger partial charge in [0.1, 0.15) is 5.65 Å². The van der Waals surface area contributed by atoms with E-state index in [2.05, 4.69) is 60.3 Å². The van der Waals surface area contributed by atoms with E-state index in [0.717, 1.165) is 12.1 Å². The molecule has 1 radical (unpaired) electrons. The molecule has 2 aromatic heterocycles. The number of nitrogens with zero attached hydrogens (tertiary/aromatic N) is 1. The van der Waals surface area contributed by atoms with Crippen molar-refractivity contribution in [2.75, 3.05) is 0 Å². The van der Waals surface area contributed by atoms with Crippen LogP contribution in [0.25, 0.3) is 11.0 Å². The normalized spacial score (nSPS) is 14.4. The fourth-order valence-corrected chi connectivity index (χ4v) is 2.65. The highest BCUT2D eigenvalue weighted by atomic mass is 14.8. The van der Waals surface area contributed by atoms with Gasteiger partial charge in [-0.15, -0.1) is 0 Å². The molecule has 0 spiro atoms. The highest BCUT2D eigenvalue weighted by molar-refractivity contribution is 5.81. The number of aromatic nitrogens is 2. The van der Waals surface area contributed by atoms with Crippen molar-refractivity contribution in [2.45, 2.75) is 18.8 Å². The van der Waals surface area contributed by atoms with Crippen LogP contribution in [-0.4, -0.2) is 9.97 Å². The van der Waals surface area contributed by atoms with Crippen LogP contribution >= 0.6 is 0 Å². The van der Waals surface area contributed by atoms with Crippen molar-refractivity contribution in [1.82, 2.24) is 9.97 Å². The van der Waals surface area contributed by atoms with Gasteiger partial charge in [0.05, 0.1) is 0 Å². The van der Waals surface area contributed by atoms with Gasteiger partial charge in [-0.05, 0) is 29.7 Å². The number of nitrogens with one attached hydrogen (secondary N) is 1. The summed E-state index contributed by atoms with van der Waals surface area (Å²) in [5.41, 5.74) is 3.39. The molecule has 95 valence electrons. The molecule has 19 heavy (non-hydrogen) atoms. The summed E-state index contributed by atoms with van der Waals surface area (Å²) in [5, 5.41) is 1.18. The molecular weight excluding hydrogens is 232 g/mol. The van der Waals surface area contributed by atoms with Crippen LogP contribution in [0.3, 0.4) is 0 Å². The molecule has 0 aliphatic carbocycles. The molecule has 3 rings (SSSR count). The molecule has 0 saturated carbocycles. The zero-order valence-electron chi connectivity index (χ0n) is 11.1. The summed E-state index contributed by atoms with van der Waals surface area (Å²) in [6.45, 7) is 6.40. The lowest BCUT2D eigenvalue weighted by Gasteiger charge is -2.28. The van der Waals surface area contributed by atoms with Crippen molar-refractivity contribution in [2.24, 2.45) is 0 Å². The summed E-state index contributed by atoms with van der Waals surface area (Å²) >= 11 is 0. The lowest BCUT2D eigenvalue weighted by molar-refractivity contribution is 0.583. The van der Waals surface area contributed by atoms with Crippen molar-refractivity contribution in [3.05, 3.63) is 72.9 Å². The SMILES string of the molecule is [CH2]C[C@](C)(c1ccccc1)c1c[nH]c2ncccc12. The minimum Gasteiger partial charge on any atom is -0.346 e. The van der Waals surface area contributed by atoms with Gasteiger partial charge in [0.25, 0.3) is 0 Å².